The number of aliphatic carboxylic acids is 1. The van der Waals surface area contributed by atoms with Crippen LogP contribution in [-0.2, 0) is 9.59 Å². The van der Waals surface area contributed by atoms with E-state index in [1.807, 2.05) is 0 Å². The van der Waals surface area contributed by atoms with Gasteiger partial charge in [-0.1, -0.05) is 11.6 Å². The van der Waals surface area contributed by atoms with Gasteiger partial charge in [0.2, 0.25) is 5.91 Å². The number of carboxylic acid groups (broad SMARTS) is 1. The molecule has 26 heavy (non-hydrogen) atoms. The summed E-state index contributed by atoms with van der Waals surface area (Å²) in [7, 11) is 0. The van der Waals surface area contributed by atoms with Crippen LogP contribution in [0.3, 0.4) is 0 Å². The van der Waals surface area contributed by atoms with Gasteiger partial charge >= 0.3 is 5.97 Å². The molecule has 0 spiro atoms. The number of rotatable bonds is 3. The lowest BCUT2D eigenvalue weighted by Crippen LogP contribution is -2.46. The number of hydrogen-bond acceptors (Lipinski definition) is 3. The van der Waals surface area contributed by atoms with Crippen LogP contribution < -0.4 is 0 Å². The fraction of sp³-hybridized carbons (Fsp3) is 0.526. The van der Waals surface area contributed by atoms with Gasteiger partial charge in [0.05, 0.1) is 11.3 Å². The van der Waals surface area contributed by atoms with Crippen LogP contribution >= 0.6 is 11.6 Å². The third kappa shape index (κ3) is 3.70. The van der Waals surface area contributed by atoms with E-state index in [1.165, 1.54) is 0 Å². The first-order valence-electron chi connectivity index (χ1n) is 8.87. The second kappa shape index (κ2) is 7.27. The van der Waals surface area contributed by atoms with Crippen molar-refractivity contribution in [2.24, 2.45) is 11.3 Å². The van der Waals surface area contributed by atoms with Crippen LogP contribution in [0.2, 0.25) is 5.02 Å². The van der Waals surface area contributed by atoms with Gasteiger partial charge in [-0.2, -0.15) is 0 Å². The fourth-order valence-electron chi connectivity index (χ4n) is 3.72. The maximum absolute atomic E-state index is 12.8. The van der Waals surface area contributed by atoms with E-state index in [9.17, 15) is 19.5 Å². The van der Waals surface area contributed by atoms with Crippen LogP contribution in [0.1, 0.15) is 36.5 Å². The number of benzene rings is 1. The molecule has 2 unspecified atom stereocenters. The molecule has 2 saturated heterocycles. The Bertz CT molecular complexity index is 721. The Morgan fingerprint density at radius 1 is 1.15 bits per heavy atom. The number of nitrogens with zero attached hydrogens (tertiary/aromatic N) is 2. The van der Waals surface area contributed by atoms with Crippen molar-refractivity contribution in [2.75, 3.05) is 26.2 Å². The van der Waals surface area contributed by atoms with E-state index in [0.29, 0.717) is 36.6 Å². The van der Waals surface area contributed by atoms with E-state index >= 15 is 0 Å². The Balaban J connectivity index is 1.65. The van der Waals surface area contributed by atoms with Gasteiger partial charge in [-0.25, -0.2) is 0 Å². The molecule has 6 nitrogen and oxygen atoms in total. The van der Waals surface area contributed by atoms with Crippen LogP contribution in [0.4, 0.5) is 0 Å². The Kier molecular flexibility index (Phi) is 5.23. The molecule has 0 bridgehead atoms. The largest absolute Gasteiger partial charge is 0.481 e. The van der Waals surface area contributed by atoms with Crippen LogP contribution in [-0.4, -0.2) is 58.9 Å². The second-order valence-electron chi connectivity index (χ2n) is 7.47. The number of carbonyl (C=O) groups excluding carboxylic acids is 2. The molecular formula is C19H23ClN2O4. The fourth-order valence-corrected chi connectivity index (χ4v) is 3.85. The first-order valence-corrected chi connectivity index (χ1v) is 9.25. The van der Waals surface area contributed by atoms with Gasteiger partial charge < -0.3 is 14.9 Å². The molecule has 1 N–H and O–H groups in total. The quantitative estimate of drug-likeness (QED) is 0.876. The number of carboxylic acids is 1. The van der Waals surface area contributed by atoms with Crippen LogP contribution in [0.15, 0.2) is 24.3 Å². The van der Waals surface area contributed by atoms with E-state index in [2.05, 4.69) is 0 Å². The summed E-state index contributed by atoms with van der Waals surface area (Å²) in [5.41, 5.74) is -0.314. The molecule has 2 atom stereocenters. The molecule has 0 saturated carbocycles. The number of piperidine rings is 1. The van der Waals surface area contributed by atoms with Crippen LogP contribution in [0.25, 0.3) is 0 Å². The molecule has 2 fully saturated rings. The smallest absolute Gasteiger partial charge is 0.311 e. The molecule has 2 heterocycles. The monoisotopic (exact) mass is 378 g/mol. The predicted octanol–water partition coefficient (Wildman–Crippen LogP) is 2.52. The topological polar surface area (TPSA) is 77.9 Å². The molecule has 2 amide bonds. The summed E-state index contributed by atoms with van der Waals surface area (Å²) in [6.07, 6.45) is 1.96. The van der Waals surface area contributed by atoms with Crippen molar-refractivity contribution in [3.8, 4) is 0 Å². The lowest BCUT2D eigenvalue weighted by molar-refractivity contribution is -0.147. The highest BCUT2D eigenvalue weighted by Crippen LogP contribution is 2.32. The van der Waals surface area contributed by atoms with Gasteiger partial charge in [-0.15, -0.1) is 0 Å². The van der Waals surface area contributed by atoms with Gasteiger partial charge in [-0.3, -0.25) is 14.4 Å². The molecule has 0 radical (unpaired) electrons. The zero-order valence-corrected chi connectivity index (χ0v) is 15.5. The third-order valence-electron chi connectivity index (χ3n) is 5.45. The van der Waals surface area contributed by atoms with E-state index in [4.69, 9.17) is 11.6 Å². The summed E-state index contributed by atoms with van der Waals surface area (Å²) in [5.74, 6) is -1.27. The zero-order valence-electron chi connectivity index (χ0n) is 14.8. The highest BCUT2D eigenvalue weighted by molar-refractivity contribution is 6.30. The summed E-state index contributed by atoms with van der Waals surface area (Å²) in [6.45, 7) is 3.38. The second-order valence-corrected chi connectivity index (χ2v) is 7.91. The first kappa shape index (κ1) is 18.7. The summed E-state index contributed by atoms with van der Waals surface area (Å²) >= 11 is 5.87. The minimum absolute atomic E-state index is 0.0384. The van der Waals surface area contributed by atoms with Gasteiger partial charge in [0.25, 0.3) is 5.91 Å². The summed E-state index contributed by atoms with van der Waals surface area (Å²) in [6, 6.07) is 6.74. The SMILES string of the molecule is CC1(C(=O)O)CCN(C(=O)C2CCCN(C(=O)c3ccc(Cl)cc3)C2)C1. The standard InChI is InChI=1S/C19H23ClN2O4/c1-19(18(25)26)8-10-22(12-19)17(24)14-3-2-9-21(11-14)16(23)13-4-6-15(20)7-5-13/h4-7,14H,2-3,8-12H2,1H3,(H,25,26). The lowest BCUT2D eigenvalue weighted by Gasteiger charge is -2.34. The molecule has 7 heteroatoms. The summed E-state index contributed by atoms with van der Waals surface area (Å²) in [4.78, 5) is 40.3. The number of amides is 2. The average Bonchev–Trinajstić information content (AvgIpc) is 3.05. The van der Waals surface area contributed by atoms with Crippen molar-refractivity contribution >= 4 is 29.4 Å². The van der Waals surface area contributed by atoms with Crippen molar-refractivity contribution in [3.63, 3.8) is 0 Å². The van der Waals surface area contributed by atoms with E-state index in [0.717, 1.165) is 12.8 Å². The zero-order chi connectivity index (χ0) is 18.9. The number of hydrogen-bond donors (Lipinski definition) is 1. The molecular weight excluding hydrogens is 356 g/mol. The highest BCUT2D eigenvalue weighted by atomic mass is 35.5. The number of halogens is 1. The first-order chi connectivity index (χ1) is 12.3. The minimum Gasteiger partial charge on any atom is -0.481 e. The Labute approximate surface area is 157 Å². The predicted molar refractivity (Wildman–Crippen MR) is 97.0 cm³/mol. The average molecular weight is 379 g/mol. The Morgan fingerprint density at radius 2 is 1.85 bits per heavy atom. The molecule has 2 aliphatic heterocycles. The number of carbonyl (C=O) groups is 3. The maximum Gasteiger partial charge on any atom is 0.311 e. The van der Waals surface area contributed by atoms with E-state index in [-0.39, 0.29) is 24.3 Å². The van der Waals surface area contributed by atoms with Crippen LogP contribution in [0.5, 0.6) is 0 Å². The lowest BCUT2D eigenvalue weighted by atomic mass is 9.90. The van der Waals surface area contributed by atoms with Crippen LogP contribution in [0, 0.1) is 11.3 Å². The van der Waals surface area contributed by atoms with Crippen molar-refractivity contribution in [2.45, 2.75) is 26.2 Å². The van der Waals surface area contributed by atoms with Crippen molar-refractivity contribution in [1.29, 1.82) is 0 Å². The summed E-state index contributed by atoms with van der Waals surface area (Å²) in [5, 5.41) is 9.92. The summed E-state index contributed by atoms with van der Waals surface area (Å²) < 4.78 is 0. The van der Waals surface area contributed by atoms with Gasteiger partial charge in [-0.05, 0) is 50.5 Å². The third-order valence-corrected chi connectivity index (χ3v) is 5.70. The molecule has 1 aromatic rings. The number of likely N-dealkylation sites (tertiary alicyclic amines) is 2. The minimum atomic E-state index is -0.872. The molecule has 0 aromatic heterocycles. The molecule has 140 valence electrons. The van der Waals surface area contributed by atoms with Crippen molar-refractivity contribution in [3.05, 3.63) is 34.9 Å². The van der Waals surface area contributed by atoms with Gasteiger partial charge in [0.15, 0.2) is 0 Å². The molecule has 1 aromatic carbocycles. The van der Waals surface area contributed by atoms with E-state index in [1.54, 1.807) is 41.0 Å². The molecule has 3 rings (SSSR count). The van der Waals surface area contributed by atoms with Gasteiger partial charge in [0.1, 0.15) is 0 Å². The Hall–Kier alpha value is -2.08. The molecule has 2 aliphatic rings. The van der Waals surface area contributed by atoms with Crippen molar-refractivity contribution < 1.29 is 19.5 Å². The van der Waals surface area contributed by atoms with Gasteiger partial charge in [0, 0.05) is 36.8 Å². The Morgan fingerprint density at radius 3 is 2.46 bits per heavy atom. The normalized spacial score (nSPS) is 26.0. The molecule has 0 aliphatic carbocycles. The van der Waals surface area contributed by atoms with Crippen molar-refractivity contribution in [1.82, 2.24) is 9.80 Å². The van der Waals surface area contributed by atoms with E-state index < -0.39 is 11.4 Å². The highest BCUT2D eigenvalue weighted by Gasteiger charge is 2.44. The maximum atomic E-state index is 12.8.